The third-order valence-electron chi connectivity index (χ3n) is 4.66. The summed E-state index contributed by atoms with van der Waals surface area (Å²) in [6.45, 7) is 5.61. The molecule has 0 aliphatic rings. The molecule has 1 aromatic rings. The molecule has 172 valence electrons. The van der Waals surface area contributed by atoms with E-state index < -0.39 is 0 Å². The second kappa shape index (κ2) is 19.3. The molecule has 0 aliphatic carbocycles. The van der Waals surface area contributed by atoms with Crippen molar-refractivity contribution in [3.63, 3.8) is 0 Å². The summed E-state index contributed by atoms with van der Waals surface area (Å²) in [6, 6.07) is 8.39. The Morgan fingerprint density at radius 1 is 0.733 bits per heavy atom. The molecular weight excluding hydrogens is 384 g/mol. The highest BCUT2D eigenvalue weighted by Gasteiger charge is 2.00. The lowest BCUT2D eigenvalue weighted by Crippen LogP contribution is -2.13. The van der Waals surface area contributed by atoms with Crippen LogP contribution in [0.4, 0.5) is 0 Å². The molecule has 0 N–H and O–H groups in total. The standard InChI is InChI=1S/C24H40O6/c1-3-4-5-6-7-8-9-22-10-12-23(13-11-22)30-21-20-29-19-18-28-17-16-27-15-14-24(25)26-2/h10-13H,3-9,14-21H2,1-2H3. The summed E-state index contributed by atoms with van der Waals surface area (Å²) in [6.07, 6.45) is 9.37. The second-order valence-corrected chi connectivity index (χ2v) is 7.17. The van der Waals surface area contributed by atoms with Gasteiger partial charge in [0.1, 0.15) is 12.4 Å². The maximum Gasteiger partial charge on any atom is 0.307 e. The van der Waals surface area contributed by atoms with Crippen molar-refractivity contribution in [3.05, 3.63) is 29.8 Å². The van der Waals surface area contributed by atoms with Crippen molar-refractivity contribution in [3.8, 4) is 5.75 Å². The molecule has 1 aromatic carbocycles. The van der Waals surface area contributed by atoms with Gasteiger partial charge < -0.3 is 23.7 Å². The van der Waals surface area contributed by atoms with E-state index in [1.807, 2.05) is 12.1 Å². The molecule has 6 heteroatoms. The van der Waals surface area contributed by atoms with Crippen molar-refractivity contribution >= 4 is 5.97 Å². The van der Waals surface area contributed by atoms with E-state index in [1.54, 1.807) is 0 Å². The summed E-state index contributed by atoms with van der Waals surface area (Å²) in [7, 11) is 1.37. The molecular formula is C24H40O6. The second-order valence-electron chi connectivity index (χ2n) is 7.17. The molecule has 0 saturated carbocycles. The number of carbonyl (C=O) groups is 1. The van der Waals surface area contributed by atoms with E-state index in [0.29, 0.717) is 46.2 Å². The molecule has 0 radical (unpaired) electrons. The van der Waals surface area contributed by atoms with Gasteiger partial charge in [0.05, 0.1) is 53.2 Å². The van der Waals surface area contributed by atoms with Crippen LogP contribution < -0.4 is 4.74 Å². The number of aryl methyl sites for hydroxylation is 1. The summed E-state index contributed by atoms with van der Waals surface area (Å²) in [5, 5.41) is 0. The van der Waals surface area contributed by atoms with Crippen LogP contribution in [0.3, 0.4) is 0 Å². The van der Waals surface area contributed by atoms with E-state index in [-0.39, 0.29) is 12.4 Å². The van der Waals surface area contributed by atoms with Gasteiger partial charge in [0.25, 0.3) is 0 Å². The lowest BCUT2D eigenvalue weighted by Gasteiger charge is -2.09. The van der Waals surface area contributed by atoms with Gasteiger partial charge in [0.15, 0.2) is 0 Å². The lowest BCUT2D eigenvalue weighted by atomic mass is 10.0. The quantitative estimate of drug-likeness (QED) is 0.225. The van der Waals surface area contributed by atoms with Gasteiger partial charge >= 0.3 is 5.97 Å². The van der Waals surface area contributed by atoms with Crippen molar-refractivity contribution in [1.29, 1.82) is 0 Å². The van der Waals surface area contributed by atoms with Gasteiger partial charge in [-0.1, -0.05) is 51.2 Å². The Balaban J connectivity index is 1.90. The number of rotatable bonds is 20. The molecule has 6 nitrogen and oxygen atoms in total. The highest BCUT2D eigenvalue weighted by molar-refractivity contribution is 5.69. The van der Waals surface area contributed by atoms with Crippen LogP contribution in [0.25, 0.3) is 0 Å². The zero-order chi connectivity index (χ0) is 21.7. The smallest absolute Gasteiger partial charge is 0.307 e. The van der Waals surface area contributed by atoms with E-state index in [1.165, 1.54) is 51.2 Å². The zero-order valence-electron chi connectivity index (χ0n) is 18.9. The topological polar surface area (TPSA) is 63.2 Å². The van der Waals surface area contributed by atoms with Gasteiger partial charge in [-0.3, -0.25) is 4.79 Å². The average Bonchev–Trinajstić information content (AvgIpc) is 2.77. The molecule has 0 bridgehead atoms. The summed E-state index contributed by atoms with van der Waals surface area (Å²) < 4.78 is 26.4. The van der Waals surface area contributed by atoms with Crippen molar-refractivity contribution in [2.24, 2.45) is 0 Å². The number of unbranched alkanes of at least 4 members (excludes halogenated alkanes) is 5. The maximum absolute atomic E-state index is 10.9. The first-order chi connectivity index (χ1) is 14.8. The minimum Gasteiger partial charge on any atom is -0.491 e. The highest BCUT2D eigenvalue weighted by Crippen LogP contribution is 2.15. The van der Waals surface area contributed by atoms with Crippen molar-refractivity contribution in [2.45, 2.75) is 58.3 Å². The average molecular weight is 425 g/mol. The number of carbonyl (C=O) groups excluding carboxylic acids is 1. The molecule has 0 fully saturated rings. The Kier molecular flexibility index (Phi) is 17.0. The van der Waals surface area contributed by atoms with Crippen LogP contribution >= 0.6 is 0 Å². The molecule has 0 saturated heterocycles. The molecule has 1 rings (SSSR count). The molecule has 0 atom stereocenters. The minimum atomic E-state index is -0.268. The molecule has 0 amide bonds. The van der Waals surface area contributed by atoms with E-state index in [4.69, 9.17) is 18.9 Å². The maximum atomic E-state index is 10.9. The molecule has 0 aliphatic heterocycles. The Hall–Kier alpha value is -1.63. The first-order valence-electron chi connectivity index (χ1n) is 11.3. The SMILES string of the molecule is CCCCCCCCc1ccc(OCCOCCOCCOCCC(=O)OC)cc1. The Labute approximate surface area is 182 Å². The summed E-state index contributed by atoms with van der Waals surface area (Å²) >= 11 is 0. The van der Waals surface area contributed by atoms with E-state index in [2.05, 4.69) is 23.8 Å². The number of esters is 1. The fraction of sp³-hybridized carbons (Fsp3) is 0.708. The van der Waals surface area contributed by atoms with Crippen LogP contribution in [-0.4, -0.2) is 59.3 Å². The lowest BCUT2D eigenvalue weighted by molar-refractivity contribution is -0.141. The Morgan fingerprint density at radius 3 is 1.93 bits per heavy atom. The number of methoxy groups -OCH3 is 1. The fourth-order valence-electron chi connectivity index (χ4n) is 2.88. The molecule has 30 heavy (non-hydrogen) atoms. The van der Waals surface area contributed by atoms with Crippen LogP contribution in [-0.2, 0) is 30.2 Å². The number of ether oxygens (including phenoxy) is 5. The van der Waals surface area contributed by atoms with Crippen molar-refractivity contribution in [2.75, 3.05) is 53.4 Å². The molecule has 0 spiro atoms. The zero-order valence-corrected chi connectivity index (χ0v) is 18.9. The van der Waals surface area contributed by atoms with E-state index in [9.17, 15) is 4.79 Å². The number of hydrogen-bond donors (Lipinski definition) is 0. The number of hydrogen-bond acceptors (Lipinski definition) is 6. The molecule has 0 unspecified atom stereocenters. The third kappa shape index (κ3) is 15.2. The van der Waals surface area contributed by atoms with Gasteiger partial charge in [0.2, 0.25) is 0 Å². The third-order valence-corrected chi connectivity index (χ3v) is 4.66. The monoisotopic (exact) mass is 424 g/mol. The summed E-state index contributed by atoms with van der Waals surface area (Å²) in [5.41, 5.74) is 1.38. The van der Waals surface area contributed by atoms with Gasteiger partial charge in [0, 0.05) is 0 Å². The van der Waals surface area contributed by atoms with Crippen LogP contribution in [0.1, 0.15) is 57.4 Å². The van der Waals surface area contributed by atoms with Crippen LogP contribution in [0.2, 0.25) is 0 Å². The van der Waals surface area contributed by atoms with E-state index in [0.717, 1.165) is 12.2 Å². The number of benzene rings is 1. The van der Waals surface area contributed by atoms with Crippen molar-refractivity contribution < 1.29 is 28.5 Å². The summed E-state index contributed by atoms with van der Waals surface area (Å²) in [5.74, 6) is 0.612. The Bertz CT molecular complexity index is 517. The van der Waals surface area contributed by atoms with Crippen LogP contribution in [0, 0.1) is 0 Å². The van der Waals surface area contributed by atoms with Gasteiger partial charge in [-0.25, -0.2) is 0 Å². The van der Waals surface area contributed by atoms with Crippen molar-refractivity contribution in [1.82, 2.24) is 0 Å². The van der Waals surface area contributed by atoms with Gasteiger partial charge in [-0.05, 0) is 30.5 Å². The predicted molar refractivity (Wildman–Crippen MR) is 118 cm³/mol. The fourth-order valence-corrected chi connectivity index (χ4v) is 2.88. The normalized spacial score (nSPS) is 10.9. The van der Waals surface area contributed by atoms with E-state index >= 15 is 0 Å². The predicted octanol–water partition coefficient (Wildman–Crippen LogP) is 4.58. The van der Waals surface area contributed by atoms with Crippen LogP contribution in [0.15, 0.2) is 24.3 Å². The largest absolute Gasteiger partial charge is 0.491 e. The van der Waals surface area contributed by atoms with Gasteiger partial charge in [-0.2, -0.15) is 0 Å². The first-order valence-corrected chi connectivity index (χ1v) is 11.3. The first kappa shape index (κ1) is 26.4. The summed E-state index contributed by atoms with van der Waals surface area (Å²) in [4.78, 5) is 10.9. The van der Waals surface area contributed by atoms with Crippen LogP contribution in [0.5, 0.6) is 5.75 Å². The minimum absolute atomic E-state index is 0.265. The Morgan fingerprint density at radius 2 is 1.30 bits per heavy atom. The molecule has 0 heterocycles. The van der Waals surface area contributed by atoms with Gasteiger partial charge in [-0.15, -0.1) is 0 Å². The highest BCUT2D eigenvalue weighted by atomic mass is 16.6. The molecule has 0 aromatic heterocycles.